The van der Waals surface area contributed by atoms with Gasteiger partial charge in [0, 0.05) is 0 Å². The molecule has 0 heterocycles. The monoisotopic (exact) mass is 169 g/mol. The van der Waals surface area contributed by atoms with Crippen molar-refractivity contribution in [2.45, 2.75) is 54.4 Å². The van der Waals surface area contributed by atoms with Crippen LogP contribution in [0.1, 0.15) is 54.4 Å². The second-order valence-electron chi connectivity index (χ2n) is 4.70. The van der Waals surface area contributed by atoms with E-state index in [0.29, 0.717) is 0 Å². The second-order valence-corrected chi connectivity index (χ2v) is 4.70. The highest BCUT2D eigenvalue weighted by Crippen LogP contribution is 2.30. The molecule has 0 aromatic heterocycles. The zero-order chi connectivity index (χ0) is 9.72. The quantitative estimate of drug-likeness (QED) is 0.575. The molecule has 0 saturated heterocycles. The van der Waals surface area contributed by atoms with Gasteiger partial charge in [0.25, 0.3) is 0 Å². The second kappa shape index (κ2) is 5.61. The molecule has 0 aliphatic rings. The maximum absolute atomic E-state index is 2.33. The highest BCUT2D eigenvalue weighted by atomic mass is 14.2. The Morgan fingerprint density at radius 3 is 1.83 bits per heavy atom. The zero-order valence-corrected chi connectivity index (χ0v) is 9.65. The van der Waals surface area contributed by atoms with Crippen molar-refractivity contribution in [3.05, 3.63) is 5.92 Å². The average molecular weight is 169 g/mol. The van der Waals surface area contributed by atoms with Crippen LogP contribution >= 0.6 is 0 Å². The Labute approximate surface area is 78.8 Å². The molecular formula is C12H25. The Bertz CT molecular complexity index is 103. The maximum atomic E-state index is 2.33. The molecule has 0 saturated carbocycles. The van der Waals surface area contributed by atoms with Gasteiger partial charge in [-0.2, -0.15) is 0 Å². The van der Waals surface area contributed by atoms with E-state index in [1.165, 1.54) is 12.8 Å². The first-order valence-corrected chi connectivity index (χ1v) is 5.31. The summed E-state index contributed by atoms with van der Waals surface area (Å²) in [5, 5.41) is 0. The van der Waals surface area contributed by atoms with Gasteiger partial charge in [-0.25, -0.2) is 0 Å². The Balaban J connectivity index is 3.94. The zero-order valence-electron chi connectivity index (χ0n) is 9.65. The van der Waals surface area contributed by atoms with Crippen LogP contribution < -0.4 is 0 Å². The predicted molar refractivity (Wildman–Crippen MR) is 57.0 cm³/mol. The van der Waals surface area contributed by atoms with Crippen molar-refractivity contribution in [3.63, 3.8) is 0 Å². The molecule has 73 valence electrons. The molecule has 0 fully saturated rings. The first-order chi connectivity index (χ1) is 5.49. The van der Waals surface area contributed by atoms with Crippen molar-refractivity contribution in [3.8, 4) is 0 Å². The third kappa shape index (κ3) is 4.13. The Kier molecular flexibility index (Phi) is 5.61. The fourth-order valence-corrected chi connectivity index (χ4v) is 2.18. The molecule has 0 amide bonds. The van der Waals surface area contributed by atoms with Crippen molar-refractivity contribution in [1.29, 1.82) is 0 Å². The fourth-order valence-electron chi connectivity index (χ4n) is 2.18. The molecule has 0 spiro atoms. The van der Waals surface area contributed by atoms with Crippen LogP contribution in [0.4, 0.5) is 0 Å². The highest BCUT2D eigenvalue weighted by Gasteiger charge is 2.19. The fraction of sp³-hybridized carbons (Fsp3) is 0.917. The smallest absolute Gasteiger partial charge is 0.0236 e. The van der Waals surface area contributed by atoms with Crippen molar-refractivity contribution in [2.75, 3.05) is 0 Å². The normalized spacial score (nSPS) is 14.8. The molecule has 0 aromatic carbocycles. The summed E-state index contributed by atoms with van der Waals surface area (Å²) < 4.78 is 0. The number of hydrogen-bond acceptors (Lipinski definition) is 0. The molecule has 0 bridgehead atoms. The summed E-state index contributed by atoms with van der Waals surface area (Å²) in [5.41, 5.74) is 0. The molecule has 0 aliphatic carbocycles. The van der Waals surface area contributed by atoms with Crippen molar-refractivity contribution < 1.29 is 0 Å². The van der Waals surface area contributed by atoms with Gasteiger partial charge in [0.15, 0.2) is 0 Å². The van der Waals surface area contributed by atoms with Gasteiger partial charge in [-0.3, -0.25) is 0 Å². The van der Waals surface area contributed by atoms with Gasteiger partial charge >= 0.3 is 0 Å². The molecule has 0 N–H and O–H groups in total. The van der Waals surface area contributed by atoms with E-state index in [-0.39, 0.29) is 0 Å². The lowest BCUT2D eigenvalue weighted by Gasteiger charge is -2.27. The summed E-state index contributed by atoms with van der Waals surface area (Å²) in [5.74, 6) is 4.17. The van der Waals surface area contributed by atoms with Gasteiger partial charge in [0.05, 0.1) is 0 Å². The summed E-state index contributed by atoms with van der Waals surface area (Å²) in [6.07, 6.45) is 2.60. The third-order valence-corrected chi connectivity index (χ3v) is 2.61. The van der Waals surface area contributed by atoms with Gasteiger partial charge in [-0.1, -0.05) is 48.0 Å². The molecule has 1 atom stereocenters. The minimum absolute atomic E-state index is 0.814. The highest BCUT2D eigenvalue weighted by molar-refractivity contribution is 4.93. The van der Waals surface area contributed by atoms with E-state index in [2.05, 4.69) is 41.5 Å². The molecule has 0 nitrogen and oxygen atoms in total. The molecule has 1 radical (unpaired) electrons. The van der Waals surface area contributed by atoms with E-state index in [0.717, 1.165) is 17.8 Å². The summed E-state index contributed by atoms with van der Waals surface area (Å²) >= 11 is 0. The minimum Gasteiger partial charge on any atom is -0.0651 e. The lowest BCUT2D eigenvalue weighted by molar-refractivity contribution is 0.357. The maximum Gasteiger partial charge on any atom is -0.0236 e. The SMILES string of the molecule is CCC([C](C)CC(C)C)C(C)C. The van der Waals surface area contributed by atoms with Crippen LogP contribution in [-0.4, -0.2) is 0 Å². The van der Waals surface area contributed by atoms with Gasteiger partial charge in [0.1, 0.15) is 0 Å². The van der Waals surface area contributed by atoms with Gasteiger partial charge in [-0.05, 0) is 30.1 Å². The van der Waals surface area contributed by atoms with Crippen molar-refractivity contribution in [1.82, 2.24) is 0 Å². The largest absolute Gasteiger partial charge is 0.0651 e. The van der Waals surface area contributed by atoms with E-state index in [4.69, 9.17) is 0 Å². The summed E-state index contributed by atoms with van der Waals surface area (Å²) in [6, 6.07) is 0. The topological polar surface area (TPSA) is 0 Å². The summed E-state index contributed by atoms with van der Waals surface area (Å²) in [6.45, 7) is 13.9. The first-order valence-electron chi connectivity index (χ1n) is 5.31. The van der Waals surface area contributed by atoms with Crippen LogP contribution in [-0.2, 0) is 0 Å². The number of rotatable bonds is 5. The van der Waals surface area contributed by atoms with Crippen LogP contribution in [0.25, 0.3) is 0 Å². The molecule has 0 aromatic rings. The van der Waals surface area contributed by atoms with Gasteiger partial charge in [-0.15, -0.1) is 0 Å². The van der Waals surface area contributed by atoms with E-state index in [1.807, 2.05) is 0 Å². The predicted octanol–water partition coefficient (Wildman–Crippen LogP) is 4.31. The molecule has 0 aliphatic heterocycles. The molecule has 0 rings (SSSR count). The first kappa shape index (κ1) is 12.0. The van der Waals surface area contributed by atoms with Crippen LogP contribution in [0.3, 0.4) is 0 Å². The van der Waals surface area contributed by atoms with E-state index in [9.17, 15) is 0 Å². The number of hydrogen-bond donors (Lipinski definition) is 0. The van der Waals surface area contributed by atoms with E-state index < -0.39 is 0 Å². The third-order valence-electron chi connectivity index (χ3n) is 2.61. The minimum atomic E-state index is 0.814. The summed E-state index contributed by atoms with van der Waals surface area (Å²) in [7, 11) is 0. The molecule has 12 heavy (non-hydrogen) atoms. The van der Waals surface area contributed by atoms with Crippen LogP contribution in [0.5, 0.6) is 0 Å². The van der Waals surface area contributed by atoms with Crippen LogP contribution in [0.15, 0.2) is 0 Å². The summed E-state index contributed by atoms with van der Waals surface area (Å²) in [4.78, 5) is 0. The molecular weight excluding hydrogens is 144 g/mol. The van der Waals surface area contributed by atoms with Crippen LogP contribution in [0, 0.1) is 23.7 Å². The molecule has 1 unspecified atom stereocenters. The lowest BCUT2D eigenvalue weighted by atomic mass is 9.79. The van der Waals surface area contributed by atoms with Crippen molar-refractivity contribution >= 4 is 0 Å². The van der Waals surface area contributed by atoms with Crippen molar-refractivity contribution in [2.24, 2.45) is 17.8 Å². The van der Waals surface area contributed by atoms with Gasteiger partial charge in [0.2, 0.25) is 0 Å². The van der Waals surface area contributed by atoms with Crippen LogP contribution in [0.2, 0.25) is 0 Å². The standard InChI is InChI=1S/C12H25/c1-7-12(10(4)5)11(6)8-9(2)3/h9-10,12H,7-8H2,1-6H3. The lowest BCUT2D eigenvalue weighted by Crippen LogP contribution is -2.16. The Morgan fingerprint density at radius 1 is 1.08 bits per heavy atom. The van der Waals surface area contributed by atoms with E-state index in [1.54, 1.807) is 5.92 Å². The Morgan fingerprint density at radius 2 is 1.58 bits per heavy atom. The molecule has 0 heteroatoms. The van der Waals surface area contributed by atoms with Gasteiger partial charge < -0.3 is 0 Å². The Hall–Kier alpha value is 0. The average Bonchev–Trinajstić information content (AvgIpc) is 1.85. The van der Waals surface area contributed by atoms with E-state index >= 15 is 0 Å².